The molecule has 4 rings (SSSR count). The Balaban J connectivity index is 1.66. The SMILES string of the molecule is Cc1nc(-c2cccnc2)nc(-c2cccc([N+](=O)[O-])c2)c1C(=O)NCCCc1ccccc1. The van der Waals surface area contributed by atoms with Crippen molar-refractivity contribution in [2.75, 3.05) is 6.54 Å². The van der Waals surface area contributed by atoms with Gasteiger partial charge in [0.2, 0.25) is 0 Å². The van der Waals surface area contributed by atoms with Gasteiger partial charge in [0.25, 0.3) is 11.6 Å². The number of non-ortho nitro benzene ring substituents is 1. The number of hydrogen-bond donors (Lipinski definition) is 1. The summed E-state index contributed by atoms with van der Waals surface area (Å²) < 4.78 is 0. The zero-order chi connectivity index (χ0) is 23.9. The van der Waals surface area contributed by atoms with Gasteiger partial charge in [-0.25, -0.2) is 9.97 Å². The Hall–Kier alpha value is -4.46. The smallest absolute Gasteiger partial charge is 0.270 e. The van der Waals surface area contributed by atoms with E-state index in [9.17, 15) is 14.9 Å². The maximum Gasteiger partial charge on any atom is 0.270 e. The van der Waals surface area contributed by atoms with Crippen molar-refractivity contribution in [3.05, 3.63) is 106 Å². The number of pyridine rings is 1. The molecule has 2 aromatic heterocycles. The Bertz CT molecular complexity index is 1310. The molecule has 8 nitrogen and oxygen atoms in total. The highest BCUT2D eigenvalue weighted by atomic mass is 16.6. The first-order chi connectivity index (χ1) is 16.5. The highest BCUT2D eigenvalue weighted by Crippen LogP contribution is 2.29. The molecular weight excluding hydrogens is 430 g/mol. The molecule has 0 radical (unpaired) electrons. The molecule has 2 aromatic carbocycles. The molecule has 2 heterocycles. The molecule has 0 saturated carbocycles. The van der Waals surface area contributed by atoms with Gasteiger partial charge in [0.05, 0.1) is 21.9 Å². The van der Waals surface area contributed by atoms with E-state index in [0.29, 0.717) is 40.4 Å². The molecule has 0 bridgehead atoms. The molecule has 170 valence electrons. The molecule has 0 saturated heterocycles. The number of carbonyl (C=O) groups is 1. The largest absolute Gasteiger partial charge is 0.352 e. The lowest BCUT2D eigenvalue weighted by Crippen LogP contribution is -2.27. The lowest BCUT2D eigenvalue weighted by molar-refractivity contribution is -0.384. The molecule has 34 heavy (non-hydrogen) atoms. The fourth-order valence-electron chi connectivity index (χ4n) is 3.67. The molecule has 0 unspecified atom stereocenters. The van der Waals surface area contributed by atoms with Crippen LogP contribution in [0.15, 0.2) is 79.1 Å². The van der Waals surface area contributed by atoms with Crippen LogP contribution in [0.1, 0.15) is 28.0 Å². The minimum atomic E-state index is -0.469. The van der Waals surface area contributed by atoms with E-state index in [1.165, 1.54) is 17.7 Å². The summed E-state index contributed by atoms with van der Waals surface area (Å²) in [5.74, 6) is 0.0811. The summed E-state index contributed by atoms with van der Waals surface area (Å²) in [7, 11) is 0. The van der Waals surface area contributed by atoms with Gasteiger partial charge in [0.1, 0.15) is 0 Å². The molecule has 8 heteroatoms. The van der Waals surface area contributed by atoms with E-state index in [1.54, 1.807) is 37.5 Å². The van der Waals surface area contributed by atoms with Crippen LogP contribution in [0.3, 0.4) is 0 Å². The van der Waals surface area contributed by atoms with Gasteiger partial charge >= 0.3 is 0 Å². The lowest BCUT2D eigenvalue weighted by Gasteiger charge is -2.14. The van der Waals surface area contributed by atoms with Crippen molar-refractivity contribution in [2.24, 2.45) is 0 Å². The first kappa shape index (κ1) is 22.7. The topological polar surface area (TPSA) is 111 Å². The van der Waals surface area contributed by atoms with Crippen LogP contribution in [0.25, 0.3) is 22.6 Å². The van der Waals surface area contributed by atoms with E-state index < -0.39 is 4.92 Å². The Morgan fingerprint density at radius 1 is 1.00 bits per heavy atom. The third-order valence-corrected chi connectivity index (χ3v) is 5.34. The van der Waals surface area contributed by atoms with Crippen LogP contribution >= 0.6 is 0 Å². The molecule has 1 amide bonds. The average molecular weight is 454 g/mol. The molecule has 1 N–H and O–H groups in total. The standard InChI is InChI=1S/C26H23N5O3/c1-18-23(26(32)28-15-6-10-19-8-3-2-4-9-19)24(20-11-5-13-22(16-20)31(33)34)30-25(29-18)21-12-7-14-27-17-21/h2-5,7-9,11-14,16-17H,6,10,15H2,1H3,(H,28,32). The van der Waals surface area contributed by atoms with Crippen LogP contribution < -0.4 is 5.32 Å². The second-order valence-corrected chi connectivity index (χ2v) is 7.75. The number of rotatable bonds is 8. The number of amides is 1. The van der Waals surface area contributed by atoms with Gasteiger partial charge in [-0.3, -0.25) is 19.9 Å². The second-order valence-electron chi connectivity index (χ2n) is 7.75. The molecule has 0 aliphatic rings. The maximum absolute atomic E-state index is 13.2. The molecule has 0 fully saturated rings. The molecule has 0 aliphatic carbocycles. The summed E-state index contributed by atoms with van der Waals surface area (Å²) in [6, 6.07) is 19.8. The van der Waals surface area contributed by atoms with Gasteiger partial charge in [-0.05, 0) is 37.5 Å². The van der Waals surface area contributed by atoms with E-state index in [2.05, 4.69) is 32.4 Å². The number of nitrogens with one attached hydrogen (secondary N) is 1. The molecule has 0 aliphatic heterocycles. The predicted molar refractivity (Wildman–Crippen MR) is 129 cm³/mol. The van der Waals surface area contributed by atoms with E-state index in [0.717, 1.165) is 12.8 Å². The van der Waals surface area contributed by atoms with E-state index in [-0.39, 0.29) is 11.6 Å². The molecule has 4 aromatic rings. The number of aryl methyl sites for hydroxylation is 2. The van der Waals surface area contributed by atoms with Gasteiger partial charge in [-0.2, -0.15) is 0 Å². The average Bonchev–Trinajstić information content (AvgIpc) is 2.87. The monoisotopic (exact) mass is 453 g/mol. The lowest BCUT2D eigenvalue weighted by atomic mass is 10.0. The summed E-state index contributed by atoms with van der Waals surface area (Å²) in [6.45, 7) is 2.22. The third-order valence-electron chi connectivity index (χ3n) is 5.34. The summed E-state index contributed by atoms with van der Waals surface area (Å²) >= 11 is 0. The van der Waals surface area contributed by atoms with Crippen LogP contribution in [0.2, 0.25) is 0 Å². The minimum absolute atomic E-state index is 0.0779. The van der Waals surface area contributed by atoms with Crippen LogP contribution in [-0.4, -0.2) is 32.3 Å². The van der Waals surface area contributed by atoms with E-state index >= 15 is 0 Å². The number of hydrogen-bond acceptors (Lipinski definition) is 6. The number of aromatic nitrogens is 3. The van der Waals surface area contributed by atoms with Crippen molar-refractivity contribution in [1.82, 2.24) is 20.3 Å². The van der Waals surface area contributed by atoms with Crippen molar-refractivity contribution in [3.63, 3.8) is 0 Å². The number of nitro groups is 1. The normalized spacial score (nSPS) is 10.6. The fraction of sp³-hybridized carbons (Fsp3) is 0.154. The van der Waals surface area contributed by atoms with Gasteiger partial charge in [0, 0.05) is 42.2 Å². The summed E-state index contributed by atoms with van der Waals surface area (Å²) in [4.78, 5) is 37.4. The second kappa shape index (κ2) is 10.4. The Kier molecular flexibility index (Phi) is 6.98. The Labute approximate surface area is 196 Å². The quantitative estimate of drug-likeness (QED) is 0.233. The van der Waals surface area contributed by atoms with Gasteiger partial charge in [0.15, 0.2) is 5.82 Å². The van der Waals surface area contributed by atoms with Gasteiger partial charge in [-0.1, -0.05) is 42.5 Å². The highest BCUT2D eigenvalue weighted by Gasteiger charge is 2.21. The highest BCUT2D eigenvalue weighted by molar-refractivity contribution is 6.01. The van der Waals surface area contributed by atoms with Gasteiger partial charge in [-0.15, -0.1) is 0 Å². The summed E-state index contributed by atoms with van der Waals surface area (Å²) in [6.07, 6.45) is 4.90. The number of nitrogens with zero attached hydrogens (tertiary/aromatic N) is 4. The van der Waals surface area contributed by atoms with E-state index in [1.807, 2.05) is 24.3 Å². The zero-order valence-electron chi connectivity index (χ0n) is 18.6. The first-order valence-corrected chi connectivity index (χ1v) is 10.9. The van der Waals surface area contributed by atoms with Crippen molar-refractivity contribution in [2.45, 2.75) is 19.8 Å². The van der Waals surface area contributed by atoms with Crippen LogP contribution in [0.4, 0.5) is 5.69 Å². The number of nitro benzene ring substituents is 1. The Morgan fingerprint density at radius 3 is 2.53 bits per heavy atom. The van der Waals surface area contributed by atoms with Gasteiger partial charge < -0.3 is 5.32 Å². The Morgan fingerprint density at radius 2 is 1.79 bits per heavy atom. The van der Waals surface area contributed by atoms with Crippen LogP contribution in [0.5, 0.6) is 0 Å². The fourth-order valence-corrected chi connectivity index (χ4v) is 3.67. The van der Waals surface area contributed by atoms with Crippen molar-refractivity contribution < 1.29 is 9.72 Å². The molecule has 0 atom stereocenters. The number of benzene rings is 2. The van der Waals surface area contributed by atoms with Crippen molar-refractivity contribution in [1.29, 1.82) is 0 Å². The summed E-state index contributed by atoms with van der Waals surface area (Å²) in [5.41, 5.74) is 3.41. The summed E-state index contributed by atoms with van der Waals surface area (Å²) in [5, 5.41) is 14.3. The molecule has 0 spiro atoms. The maximum atomic E-state index is 13.2. The van der Waals surface area contributed by atoms with Crippen LogP contribution in [-0.2, 0) is 6.42 Å². The molecular formula is C26H23N5O3. The van der Waals surface area contributed by atoms with Crippen molar-refractivity contribution >= 4 is 11.6 Å². The third kappa shape index (κ3) is 5.29. The zero-order valence-corrected chi connectivity index (χ0v) is 18.6. The van der Waals surface area contributed by atoms with Crippen molar-refractivity contribution in [3.8, 4) is 22.6 Å². The predicted octanol–water partition coefficient (Wildman–Crippen LogP) is 4.78. The van der Waals surface area contributed by atoms with Crippen LogP contribution in [0, 0.1) is 17.0 Å². The van der Waals surface area contributed by atoms with E-state index in [4.69, 9.17) is 0 Å². The minimum Gasteiger partial charge on any atom is -0.352 e. The first-order valence-electron chi connectivity index (χ1n) is 10.9. The number of carbonyl (C=O) groups excluding carboxylic acids is 1.